The number of methoxy groups -OCH3 is 1. The van der Waals surface area contributed by atoms with E-state index in [4.69, 9.17) is 26.7 Å². The number of rotatable bonds is 4. The van der Waals surface area contributed by atoms with E-state index in [9.17, 15) is 0 Å². The van der Waals surface area contributed by atoms with Gasteiger partial charge in [0.15, 0.2) is 5.11 Å². The molecule has 1 saturated heterocycles. The van der Waals surface area contributed by atoms with Crippen LogP contribution in [0.1, 0.15) is 12.8 Å². The van der Waals surface area contributed by atoms with Crippen LogP contribution >= 0.6 is 12.2 Å². The van der Waals surface area contributed by atoms with E-state index in [1.54, 1.807) is 7.11 Å². The molecule has 26 heavy (non-hydrogen) atoms. The van der Waals surface area contributed by atoms with E-state index in [1.807, 2.05) is 42.5 Å². The number of aromatic nitrogens is 1. The van der Waals surface area contributed by atoms with Crippen LogP contribution in [0.4, 0.5) is 5.69 Å². The van der Waals surface area contributed by atoms with Crippen molar-refractivity contribution in [3.05, 3.63) is 42.5 Å². The molecule has 1 fully saturated rings. The lowest BCUT2D eigenvalue weighted by atomic mass is 10.1. The van der Waals surface area contributed by atoms with Crippen LogP contribution < -0.4 is 15.4 Å². The van der Waals surface area contributed by atoms with Crippen LogP contribution in [-0.4, -0.2) is 36.5 Å². The minimum absolute atomic E-state index is 0.237. The molecule has 2 heterocycles. The zero-order chi connectivity index (χ0) is 17.9. The highest BCUT2D eigenvalue weighted by atomic mass is 32.1. The molecular formula is C20H21N3O2S. The number of anilines is 1. The topological polar surface area (TPSA) is 55.4 Å². The van der Waals surface area contributed by atoms with E-state index >= 15 is 0 Å². The second-order valence-corrected chi connectivity index (χ2v) is 6.77. The van der Waals surface area contributed by atoms with Crippen LogP contribution in [0.25, 0.3) is 21.8 Å². The summed E-state index contributed by atoms with van der Waals surface area (Å²) >= 11 is 5.53. The standard InChI is InChI=1S/C20H21N3O2S/c1-24-13-8-9-18-16(11-13)19(15-6-2-3-7-17(15)22-18)23-20(26)21-12-14-5-4-10-25-14/h2-3,6-9,11,14H,4-5,10,12H2,1H3,(H2,21,22,23,26). The van der Waals surface area contributed by atoms with Crippen molar-refractivity contribution in [3.8, 4) is 5.75 Å². The normalized spacial score (nSPS) is 16.7. The summed E-state index contributed by atoms with van der Waals surface area (Å²) in [7, 11) is 1.66. The summed E-state index contributed by atoms with van der Waals surface area (Å²) < 4.78 is 11.0. The van der Waals surface area contributed by atoms with Crippen molar-refractivity contribution in [2.45, 2.75) is 18.9 Å². The van der Waals surface area contributed by atoms with Gasteiger partial charge in [-0.1, -0.05) is 18.2 Å². The molecule has 5 nitrogen and oxygen atoms in total. The van der Waals surface area contributed by atoms with Gasteiger partial charge in [0.05, 0.1) is 29.9 Å². The first-order valence-electron chi connectivity index (χ1n) is 8.77. The molecule has 0 radical (unpaired) electrons. The predicted molar refractivity (Wildman–Crippen MR) is 109 cm³/mol. The molecule has 1 aliphatic rings. The minimum Gasteiger partial charge on any atom is -0.497 e. The van der Waals surface area contributed by atoms with Crippen molar-refractivity contribution in [2.75, 3.05) is 25.6 Å². The molecule has 1 aliphatic heterocycles. The lowest BCUT2D eigenvalue weighted by Gasteiger charge is -2.17. The van der Waals surface area contributed by atoms with Crippen molar-refractivity contribution in [1.29, 1.82) is 0 Å². The quantitative estimate of drug-likeness (QED) is 0.539. The third-order valence-electron chi connectivity index (χ3n) is 4.64. The van der Waals surface area contributed by atoms with Gasteiger partial charge in [-0.2, -0.15) is 0 Å². The Morgan fingerprint density at radius 1 is 1.23 bits per heavy atom. The third-order valence-corrected chi connectivity index (χ3v) is 4.89. The van der Waals surface area contributed by atoms with E-state index < -0.39 is 0 Å². The first kappa shape index (κ1) is 17.0. The molecule has 0 saturated carbocycles. The van der Waals surface area contributed by atoms with Crippen LogP contribution in [0.3, 0.4) is 0 Å². The highest BCUT2D eigenvalue weighted by Gasteiger charge is 2.16. The Morgan fingerprint density at radius 2 is 2.08 bits per heavy atom. The summed E-state index contributed by atoms with van der Waals surface area (Å²) in [6.07, 6.45) is 2.43. The van der Waals surface area contributed by atoms with Gasteiger partial charge in [-0.3, -0.25) is 0 Å². The number of fused-ring (bicyclic) bond motifs is 2. The molecule has 0 bridgehead atoms. The summed E-state index contributed by atoms with van der Waals surface area (Å²) in [6.45, 7) is 1.56. The lowest BCUT2D eigenvalue weighted by Crippen LogP contribution is -2.34. The maximum atomic E-state index is 5.65. The summed E-state index contributed by atoms with van der Waals surface area (Å²) in [5, 5.41) is 9.23. The van der Waals surface area contributed by atoms with Gasteiger partial charge >= 0.3 is 0 Å². The fourth-order valence-electron chi connectivity index (χ4n) is 3.30. The fraction of sp³-hybridized carbons (Fsp3) is 0.300. The maximum Gasteiger partial charge on any atom is 0.170 e. The Bertz CT molecular complexity index is 954. The molecular weight excluding hydrogens is 346 g/mol. The number of hydrogen-bond donors (Lipinski definition) is 2. The summed E-state index contributed by atoms with van der Waals surface area (Å²) in [6, 6.07) is 13.9. The van der Waals surface area contributed by atoms with E-state index in [2.05, 4.69) is 10.6 Å². The Balaban J connectivity index is 1.68. The number of para-hydroxylation sites is 1. The third kappa shape index (κ3) is 3.43. The molecule has 4 rings (SSSR count). The Morgan fingerprint density at radius 3 is 2.88 bits per heavy atom. The largest absolute Gasteiger partial charge is 0.497 e. The number of nitrogens with one attached hydrogen (secondary N) is 2. The van der Waals surface area contributed by atoms with Crippen molar-refractivity contribution in [3.63, 3.8) is 0 Å². The zero-order valence-electron chi connectivity index (χ0n) is 14.6. The molecule has 2 aromatic carbocycles. The van der Waals surface area contributed by atoms with Crippen molar-refractivity contribution in [1.82, 2.24) is 10.3 Å². The molecule has 6 heteroatoms. The number of benzene rings is 2. The number of ether oxygens (including phenoxy) is 2. The first-order chi connectivity index (χ1) is 12.7. The number of nitrogens with zero attached hydrogens (tertiary/aromatic N) is 1. The average Bonchev–Trinajstić information content (AvgIpc) is 3.19. The molecule has 0 spiro atoms. The van der Waals surface area contributed by atoms with Gasteiger partial charge in [-0.25, -0.2) is 4.98 Å². The Kier molecular flexibility index (Phi) is 4.86. The summed E-state index contributed by atoms with van der Waals surface area (Å²) in [4.78, 5) is 4.75. The molecule has 1 unspecified atom stereocenters. The van der Waals surface area contributed by atoms with Gasteiger partial charge in [0.1, 0.15) is 5.75 Å². The zero-order valence-corrected chi connectivity index (χ0v) is 15.4. The van der Waals surface area contributed by atoms with Crippen molar-refractivity contribution < 1.29 is 9.47 Å². The van der Waals surface area contributed by atoms with Gasteiger partial charge < -0.3 is 20.1 Å². The Labute approximate surface area is 157 Å². The maximum absolute atomic E-state index is 5.65. The van der Waals surface area contributed by atoms with Crippen LogP contribution in [0, 0.1) is 0 Å². The van der Waals surface area contributed by atoms with Crippen molar-refractivity contribution >= 4 is 44.8 Å². The van der Waals surface area contributed by atoms with Gasteiger partial charge in [-0.15, -0.1) is 0 Å². The molecule has 1 aromatic heterocycles. The highest BCUT2D eigenvalue weighted by molar-refractivity contribution is 7.80. The van der Waals surface area contributed by atoms with Crippen LogP contribution in [-0.2, 0) is 4.74 Å². The SMILES string of the molecule is COc1ccc2nc3ccccc3c(NC(=S)NCC3CCCO3)c2c1. The van der Waals surface area contributed by atoms with E-state index in [0.29, 0.717) is 5.11 Å². The van der Waals surface area contributed by atoms with E-state index in [-0.39, 0.29) is 6.10 Å². The van der Waals surface area contributed by atoms with Crippen LogP contribution in [0.5, 0.6) is 5.75 Å². The lowest BCUT2D eigenvalue weighted by molar-refractivity contribution is 0.114. The molecule has 0 amide bonds. The van der Waals surface area contributed by atoms with E-state index in [0.717, 1.165) is 59.2 Å². The van der Waals surface area contributed by atoms with Crippen LogP contribution in [0.2, 0.25) is 0 Å². The first-order valence-corrected chi connectivity index (χ1v) is 9.18. The second kappa shape index (κ2) is 7.43. The number of hydrogen-bond acceptors (Lipinski definition) is 4. The summed E-state index contributed by atoms with van der Waals surface area (Å²) in [5.74, 6) is 0.788. The monoisotopic (exact) mass is 367 g/mol. The minimum atomic E-state index is 0.237. The summed E-state index contributed by atoms with van der Waals surface area (Å²) in [5.41, 5.74) is 2.76. The van der Waals surface area contributed by atoms with Gasteiger partial charge in [0.25, 0.3) is 0 Å². The van der Waals surface area contributed by atoms with Gasteiger partial charge in [-0.05, 0) is 49.3 Å². The Hall–Kier alpha value is -2.44. The average molecular weight is 367 g/mol. The number of pyridine rings is 1. The molecule has 0 aliphatic carbocycles. The smallest absolute Gasteiger partial charge is 0.170 e. The van der Waals surface area contributed by atoms with Gasteiger partial charge in [0.2, 0.25) is 0 Å². The van der Waals surface area contributed by atoms with Crippen LogP contribution in [0.15, 0.2) is 42.5 Å². The predicted octanol–water partition coefficient (Wildman–Crippen LogP) is 3.86. The van der Waals surface area contributed by atoms with Crippen molar-refractivity contribution in [2.24, 2.45) is 0 Å². The second-order valence-electron chi connectivity index (χ2n) is 6.36. The molecule has 134 valence electrons. The molecule has 2 N–H and O–H groups in total. The molecule has 3 aromatic rings. The van der Waals surface area contributed by atoms with E-state index in [1.165, 1.54) is 0 Å². The van der Waals surface area contributed by atoms with Gasteiger partial charge in [0, 0.05) is 23.9 Å². The number of thiocarbonyl (C=S) groups is 1. The molecule has 1 atom stereocenters. The highest BCUT2D eigenvalue weighted by Crippen LogP contribution is 2.33. The fourth-order valence-corrected chi connectivity index (χ4v) is 3.49.